The zero-order valence-electron chi connectivity index (χ0n) is 10.4. The Bertz CT molecular complexity index is 412. The van der Waals surface area contributed by atoms with E-state index in [1.165, 1.54) is 0 Å². The van der Waals surface area contributed by atoms with Crippen LogP contribution < -0.4 is 0 Å². The average molecular weight is 332 g/mol. The van der Waals surface area contributed by atoms with Gasteiger partial charge in [-0.25, -0.2) is 0 Å². The highest BCUT2D eigenvalue weighted by atomic mass is 79.9. The van der Waals surface area contributed by atoms with Crippen LogP contribution in [0, 0.1) is 0 Å². The molecule has 18 heavy (non-hydrogen) atoms. The van der Waals surface area contributed by atoms with Gasteiger partial charge in [0.2, 0.25) is 0 Å². The monoisotopic (exact) mass is 331 g/mol. The molecule has 1 N–H and O–H groups in total. The number of unbranched alkanes of at least 4 members (excludes halogenated alkanes) is 1. The number of thiol groups is 1. The van der Waals surface area contributed by atoms with Gasteiger partial charge in [0.25, 0.3) is 5.91 Å². The number of aliphatic hydroxyl groups is 1. The van der Waals surface area contributed by atoms with Crippen LogP contribution in [0.15, 0.2) is 27.6 Å². The summed E-state index contributed by atoms with van der Waals surface area (Å²) in [7, 11) is 0. The molecule has 0 aromatic heterocycles. The van der Waals surface area contributed by atoms with Crippen molar-refractivity contribution in [2.24, 2.45) is 0 Å². The highest BCUT2D eigenvalue weighted by Gasteiger charge is 2.17. The highest BCUT2D eigenvalue weighted by molar-refractivity contribution is 9.10. The molecule has 0 saturated carbocycles. The van der Waals surface area contributed by atoms with Crippen molar-refractivity contribution >= 4 is 34.5 Å². The van der Waals surface area contributed by atoms with Gasteiger partial charge in [-0.3, -0.25) is 4.79 Å². The lowest BCUT2D eigenvalue weighted by atomic mass is 10.2. The Morgan fingerprint density at radius 2 is 2.17 bits per heavy atom. The van der Waals surface area contributed by atoms with E-state index in [0.29, 0.717) is 18.7 Å². The Labute approximate surface area is 122 Å². The second-order valence-corrected chi connectivity index (χ2v) is 5.40. The van der Waals surface area contributed by atoms with Crippen molar-refractivity contribution in [1.29, 1.82) is 0 Å². The Morgan fingerprint density at radius 1 is 1.44 bits per heavy atom. The third-order valence-corrected chi connectivity index (χ3v) is 3.59. The number of hydrogen-bond acceptors (Lipinski definition) is 3. The standard InChI is InChI=1S/C13H18BrNO2S/c1-2-3-6-15(7-8-16)13(17)11-9-10(18)4-5-12(11)14/h4-5,9,16,18H,2-3,6-8H2,1H3. The predicted octanol–water partition coefficient (Wildman–Crippen LogP) is 2.97. The fraction of sp³-hybridized carbons (Fsp3) is 0.462. The first kappa shape index (κ1) is 15.5. The smallest absolute Gasteiger partial charge is 0.255 e. The number of carbonyl (C=O) groups is 1. The van der Waals surface area contributed by atoms with Gasteiger partial charge in [0.15, 0.2) is 0 Å². The van der Waals surface area contributed by atoms with Crippen molar-refractivity contribution in [3.8, 4) is 0 Å². The van der Waals surface area contributed by atoms with Gasteiger partial charge in [0, 0.05) is 22.5 Å². The Morgan fingerprint density at radius 3 is 2.78 bits per heavy atom. The van der Waals surface area contributed by atoms with E-state index in [1.54, 1.807) is 11.0 Å². The summed E-state index contributed by atoms with van der Waals surface area (Å²) in [6.07, 6.45) is 1.95. The molecule has 0 aliphatic carbocycles. The Hall–Kier alpha value is -0.520. The van der Waals surface area contributed by atoms with Crippen LogP contribution in [0.25, 0.3) is 0 Å². The summed E-state index contributed by atoms with van der Waals surface area (Å²) in [4.78, 5) is 14.8. The van der Waals surface area contributed by atoms with Gasteiger partial charge in [0.05, 0.1) is 12.2 Å². The SMILES string of the molecule is CCCCN(CCO)C(=O)c1cc(S)ccc1Br. The van der Waals surface area contributed by atoms with Gasteiger partial charge in [-0.05, 0) is 40.5 Å². The first-order valence-electron chi connectivity index (χ1n) is 5.98. The molecule has 0 radical (unpaired) electrons. The number of amides is 1. The summed E-state index contributed by atoms with van der Waals surface area (Å²) in [6, 6.07) is 5.38. The molecule has 0 atom stereocenters. The summed E-state index contributed by atoms with van der Waals surface area (Å²) in [5.41, 5.74) is 0.590. The van der Waals surface area contributed by atoms with E-state index >= 15 is 0 Å². The average Bonchev–Trinajstić information content (AvgIpc) is 2.36. The van der Waals surface area contributed by atoms with Gasteiger partial charge in [-0.2, -0.15) is 0 Å². The molecule has 0 aliphatic heterocycles. The van der Waals surface area contributed by atoms with Crippen molar-refractivity contribution in [2.45, 2.75) is 24.7 Å². The summed E-state index contributed by atoms with van der Waals surface area (Å²) < 4.78 is 0.754. The van der Waals surface area contributed by atoms with E-state index < -0.39 is 0 Å². The highest BCUT2D eigenvalue weighted by Crippen LogP contribution is 2.22. The second kappa shape index (κ2) is 7.81. The topological polar surface area (TPSA) is 40.5 Å². The van der Waals surface area contributed by atoms with E-state index in [-0.39, 0.29) is 12.5 Å². The van der Waals surface area contributed by atoms with E-state index in [2.05, 4.69) is 35.5 Å². The van der Waals surface area contributed by atoms with Gasteiger partial charge in [0.1, 0.15) is 0 Å². The molecule has 3 nitrogen and oxygen atoms in total. The van der Waals surface area contributed by atoms with Crippen LogP contribution in [-0.4, -0.2) is 35.6 Å². The minimum absolute atomic E-state index is 0.0202. The van der Waals surface area contributed by atoms with E-state index in [4.69, 9.17) is 5.11 Å². The number of nitrogens with zero attached hydrogens (tertiary/aromatic N) is 1. The molecule has 5 heteroatoms. The summed E-state index contributed by atoms with van der Waals surface area (Å²) >= 11 is 7.62. The normalized spacial score (nSPS) is 10.4. The lowest BCUT2D eigenvalue weighted by Gasteiger charge is -2.22. The van der Waals surface area contributed by atoms with Crippen molar-refractivity contribution in [1.82, 2.24) is 4.90 Å². The van der Waals surface area contributed by atoms with Gasteiger partial charge in [-0.15, -0.1) is 12.6 Å². The minimum Gasteiger partial charge on any atom is -0.395 e. The van der Waals surface area contributed by atoms with Gasteiger partial charge < -0.3 is 10.0 Å². The molecule has 1 rings (SSSR count). The number of halogens is 1. The fourth-order valence-electron chi connectivity index (χ4n) is 1.63. The van der Waals surface area contributed by atoms with E-state index in [1.807, 2.05) is 12.1 Å². The number of hydrogen-bond donors (Lipinski definition) is 2. The van der Waals surface area contributed by atoms with Crippen molar-refractivity contribution in [3.05, 3.63) is 28.2 Å². The maximum Gasteiger partial charge on any atom is 0.255 e. The van der Waals surface area contributed by atoms with Gasteiger partial charge in [-0.1, -0.05) is 13.3 Å². The third kappa shape index (κ3) is 4.30. The lowest BCUT2D eigenvalue weighted by Crippen LogP contribution is -2.34. The maximum atomic E-state index is 12.4. The molecule has 0 fully saturated rings. The number of aliphatic hydroxyl groups excluding tert-OH is 1. The Kier molecular flexibility index (Phi) is 6.75. The van der Waals surface area contributed by atoms with Crippen molar-refractivity contribution in [3.63, 3.8) is 0 Å². The van der Waals surface area contributed by atoms with Gasteiger partial charge >= 0.3 is 0 Å². The predicted molar refractivity (Wildman–Crippen MR) is 79.3 cm³/mol. The molecule has 0 heterocycles. The molecule has 0 saturated heterocycles. The molecule has 100 valence electrons. The van der Waals surface area contributed by atoms with Crippen LogP contribution in [0.1, 0.15) is 30.1 Å². The second-order valence-electron chi connectivity index (χ2n) is 4.03. The summed E-state index contributed by atoms with van der Waals surface area (Å²) in [5, 5.41) is 9.03. The molecule has 1 aromatic rings. The van der Waals surface area contributed by atoms with E-state index in [0.717, 1.165) is 22.2 Å². The molecule has 0 spiro atoms. The molecule has 0 unspecified atom stereocenters. The molecule has 0 bridgehead atoms. The molecular weight excluding hydrogens is 314 g/mol. The van der Waals surface area contributed by atoms with Crippen molar-refractivity contribution in [2.75, 3.05) is 19.7 Å². The largest absolute Gasteiger partial charge is 0.395 e. The molecule has 1 aromatic carbocycles. The number of carbonyl (C=O) groups excluding carboxylic acids is 1. The van der Waals surface area contributed by atoms with Crippen LogP contribution in [0.2, 0.25) is 0 Å². The Balaban J connectivity index is 2.90. The molecule has 1 amide bonds. The summed E-state index contributed by atoms with van der Waals surface area (Å²) in [6.45, 7) is 3.08. The quantitative estimate of drug-likeness (QED) is 0.787. The molecular formula is C13H18BrNO2S. The maximum absolute atomic E-state index is 12.4. The zero-order valence-corrected chi connectivity index (χ0v) is 12.9. The number of benzene rings is 1. The fourth-order valence-corrected chi connectivity index (χ4v) is 2.25. The van der Waals surface area contributed by atoms with E-state index in [9.17, 15) is 4.79 Å². The van der Waals surface area contributed by atoms with Crippen LogP contribution in [0.3, 0.4) is 0 Å². The minimum atomic E-state index is -0.0692. The van der Waals surface area contributed by atoms with Crippen LogP contribution in [-0.2, 0) is 0 Å². The summed E-state index contributed by atoms with van der Waals surface area (Å²) in [5.74, 6) is -0.0692. The first-order valence-corrected chi connectivity index (χ1v) is 7.22. The number of rotatable bonds is 6. The van der Waals surface area contributed by atoms with Crippen LogP contribution in [0.5, 0.6) is 0 Å². The molecule has 0 aliphatic rings. The third-order valence-electron chi connectivity index (χ3n) is 2.62. The van der Waals surface area contributed by atoms with Crippen molar-refractivity contribution < 1.29 is 9.90 Å². The van der Waals surface area contributed by atoms with Crippen LogP contribution >= 0.6 is 28.6 Å². The lowest BCUT2D eigenvalue weighted by molar-refractivity contribution is 0.0718. The van der Waals surface area contributed by atoms with Crippen LogP contribution in [0.4, 0.5) is 0 Å². The first-order chi connectivity index (χ1) is 8.60. The zero-order chi connectivity index (χ0) is 13.5.